The molecule has 0 saturated heterocycles. The van der Waals surface area contributed by atoms with Crippen molar-refractivity contribution in [2.75, 3.05) is 58.6 Å². The van der Waals surface area contributed by atoms with Crippen LogP contribution in [-0.4, -0.2) is 75.7 Å². The molecule has 1 N–H and O–H groups in total. The number of carbonyl (C=O) groups is 2. The monoisotopic (exact) mass is 592 g/mol. The molecule has 0 aromatic heterocycles. The van der Waals surface area contributed by atoms with E-state index in [0.29, 0.717) is 40.6 Å². The molecule has 9 nitrogen and oxygen atoms in total. The first-order valence-corrected chi connectivity index (χ1v) is 14.2. The number of methoxy groups -OCH3 is 1. The van der Waals surface area contributed by atoms with Gasteiger partial charge in [-0.3, -0.25) is 4.79 Å². The molecule has 0 aliphatic carbocycles. The lowest BCUT2D eigenvalue weighted by Crippen LogP contribution is -2.52. The van der Waals surface area contributed by atoms with Gasteiger partial charge in [0.15, 0.2) is 0 Å². The van der Waals surface area contributed by atoms with Gasteiger partial charge in [-0.2, -0.15) is 0 Å². The summed E-state index contributed by atoms with van der Waals surface area (Å²) < 4.78 is 31.6. The fourth-order valence-corrected chi connectivity index (χ4v) is 5.16. The predicted octanol–water partition coefficient (Wildman–Crippen LogP) is 5.94. The van der Waals surface area contributed by atoms with Crippen molar-refractivity contribution < 1.29 is 28.2 Å². The number of anilines is 2. The number of nitrogens with zero attached hydrogens (tertiary/aromatic N) is 3. The molecule has 2 amide bonds. The standard InChI is InChI=1S/C33H41FN4O5/c1-21-10-11-22(34)18-28(21)42-20-26-24(14-15-27-30(26)38(7)31(39)33(2,3)35-27)25-13-12-23(19-29(25)41-8)43-32(40)37(6)17-9-16-36(4)5/h10-15,18-19,35H,9,16-17,20H2,1-8H3. The number of hydrogen-bond donors (Lipinski definition) is 1. The first-order valence-electron chi connectivity index (χ1n) is 14.2. The molecule has 230 valence electrons. The number of nitrogens with one attached hydrogen (secondary N) is 1. The van der Waals surface area contributed by atoms with Crippen LogP contribution >= 0.6 is 0 Å². The molecular weight excluding hydrogens is 551 g/mol. The van der Waals surface area contributed by atoms with E-state index in [1.807, 2.05) is 53.1 Å². The largest absolute Gasteiger partial charge is 0.496 e. The molecule has 0 saturated carbocycles. The van der Waals surface area contributed by atoms with Crippen LogP contribution in [0, 0.1) is 12.7 Å². The van der Waals surface area contributed by atoms with Gasteiger partial charge in [0.25, 0.3) is 5.91 Å². The van der Waals surface area contributed by atoms with Gasteiger partial charge in [0.2, 0.25) is 0 Å². The summed E-state index contributed by atoms with van der Waals surface area (Å²) in [7, 11) is 8.96. The van der Waals surface area contributed by atoms with Crippen molar-refractivity contribution in [1.29, 1.82) is 0 Å². The Morgan fingerprint density at radius 3 is 2.42 bits per heavy atom. The number of benzene rings is 3. The van der Waals surface area contributed by atoms with E-state index >= 15 is 0 Å². The highest BCUT2D eigenvalue weighted by Gasteiger charge is 2.38. The second-order valence-corrected chi connectivity index (χ2v) is 11.6. The average Bonchev–Trinajstić information content (AvgIpc) is 2.95. The fraction of sp³-hybridized carbons (Fsp3) is 0.394. The van der Waals surface area contributed by atoms with E-state index in [1.165, 1.54) is 12.1 Å². The molecule has 0 fully saturated rings. The lowest BCUT2D eigenvalue weighted by atomic mass is 9.91. The van der Waals surface area contributed by atoms with Gasteiger partial charge in [-0.25, -0.2) is 9.18 Å². The molecule has 1 aliphatic rings. The molecule has 43 heavy (non-hydrogen) atoms. The summed E-state index contributed by atoms with van der Waals surface area (Å²) in [5.41, 5.74) is 3.59. The van der Waals surface area contributed by atoms with Crippen LogP contribution in [0.2, 0.25) is 0 Å². The van der Waals surface area contributed by atoms with Crippen LogP contribution in [0.25, 0.3) is 11.1 Å². The summed E-state index contributed by atoms with van der Waals surface area (Å²) in [5, 5.41) is 3.34. The third-order valence-corrected chi connectivity index (χ3v) is 7.51. The maximum Gasteiger partial charge on any atom is 0.414 e. The molecule has 1 aliphatic heterocycles. The Bertz CT molecular complexity index is 1510. The Kier molecular flexibility index (Phi) is 9.49. The molecule has 0 spiro atoms. The molecule has 0 radical (unpaired) electrons. The van der Waals surface area contributed by atoms with E-state index in [4.69, 9.17) is 14.2 Å². The zero-order chi connectivity index (χ0) is 31.5. The molecule has 3 aromatic carbocycles. The maximum absolute atomic E-state index is 14.1. The van der Waals surface area contributed by atoms with E-state index in [0.717, 1.165) is 29.8 Å². The Morgan fingerprint density at radius 1 is 1.00 bits per heavy atom. The molecular formula is C33H41FN4O5. The van der Waals surface area contributed by atoms with E-state index in [1.54, 1.807) is 49.2 Å². The van der Waals surface area contributed by atoms with Gasteiger partial charge in [0.1, 0.15) is 35.2 Å². The predicted molar refractivity (Wildman–Crippen MR) is 167 cm³/mol. The topological polar surface area (TPSA) is 83.6 Å². The van der Waals surface area contributed by atoms with E-state index in [-0.39, 0.29) is 12.5 Å². The maximum atomic E-state index is 14.1. The van der Waals surface area contributed by atoms with Crippen LogP contribution in [-0.2, 0) is 11.4 Å². The van der Waals surface area contributed by atoms with Gasteiger partial charge in [0, 0.05) is 43.9 Å². The lowest BCUT2D eigenvalue weighted by Gasteiger charge is -2.39. The minimum absolute atomic E-state index is 0.0557. The Balaban J connectivity index is 1.71. The first-order chi connectivity index (χ1) is 20.3. The third-order valence-electron chi connectivity index (χ3n) is 7.51. The first kappa shape index (κ1) is 31.6. The van der Waals surface area contributed by atoms with Crippen LogP contribution in [0.15, 0.2) is 48.5 Å². The zero-order valence-corrected chi connectivity index (χ0v) is 26.2. The van der Waals surface area contributed by atoms with Crippen LogP contribution in [0.5, 0.6) is 17.2 Å². The number of rotatable bonds is 10. The highest BCUT2D eigenvalue weighted by atomic mass is 19.1. The lowest BCUT2D eigenvalue weighted by molar-refractivity contribution is -0.121. The Hall–Kier alpha value is -4.31. The minimum atomic E-state index is -0.802. The number of aryl methyl sites for hydroxylation is 1. The second-order valence-electron chi connectivity index (χ2n) is 11.6. The van der Waals surface area contributed by atoms with Gasteiger partial charge < -0.3 is 34.2 Å². The zero-order valence-electron chi connectivity index (χ0n) is 26.2. The quantitative estimate of drug-likeness (QED) is 0.312. The second kappa shape index (κ2) is 12.9. The SMILES string of the molecule is COc1cc(OC(=O)N(C)CCCN(C)C)ccc1-c1ccc2c(c1COc1cc(F)ccc1C)N(C)C(=O)C(C)(C)N2. The van der Waals surface area contributed by atoms with Crippen molar-refractivity contribution in [2.24, 2.45) is 0 Å². The van der Waals surface area contributed by atoms with Crippen molar-refractivity contribution >= 4 is 23.4 Å². The highest BCUT2D eigenvalue weighted by molar-refractivity contribution is 6.08. The summed E-state index contributed by atoms with van der Waals surface area (Å²) in [6.07, 6.45) is 0.359. The number of likely N-dealkylation sites (N-methyl/N-ethyl adjacent to an activating group) is 1. The van der Waals surface area contributed by atoms with Gasteiger partial charge in [0.05, 0.1) is 18.5 Å². The fourth-order valence-electron chi connectivity index (χ4n) is 5.16. The molecule has 0 unspecified atom stereocenters. The van der Waals surface area contributed by atoms with Gasteiger partial charge in [-0.1, -0.05) is 12.1 Å². The van der Waals surface area contributed by atoms with Crippen LogP contribution in [0.1, 0.15) is 31.4 Å². The van der Waals surface area contributed by atoms with E-state index < -0.39 is 17.4 Å². The van der Waals surface area contributed by atoms with Crippen molar-refractivity contribution in [3.8, 4) is 28.4 Å². The van der Waals surface area contributed by atoms with Crippen molar-refractivity contribution in [2.45, 2.75) is 39.3 Å². The molecule has 3 aromatic rings. The number of hydrogen-bond acceptors (Lipinski definition) is 7. The van der Waals surface area contributed by atoms with Crippen molar-refractivity contribution in [3.63, 3.8) is 0 Å². The Morgan fingerprint density at radius 2 is 1.72 bits per heavy atom. The summed E-state index contributed by atoms with van der Waals surface area (Å²) in [4.78, 5) is 31.2. The van der Waals surface area contributed by atoms with Crippen molar-refractivity contribution in [1.82, 2.24) is 9.80 Å². The average molecular weight is 593 g/mol. The van der Waals surface area contributed by atoms with E-state index in [9.17, 15) is 14.0 Å². The number of amides is 2. The smallest absolute Gasteiger partial charge is 0.414 e. The molecule has 0 bridgehead atoms. The van der Waals surface area contributed by atoms with Crippen LogP contribution < -0.4 is 24.4 Å². The highest BCUT2D eigenvalue weighted by Crippen LogP contribution is 2.45. The minimum Gasteiger partial charge on any atom is -0.496 e. The Labute approximate surface area is 253 Å². The number of carbonyl (C=O) groups excluding carboxylic acids is 2. The normalized spacial score (nSPS) is 13.8. The van der Waals surface area contributed by atoms with Gasteiger partial charge in [-0.05, 0) is 83.2 Å². The molecule has 4 rings (SSSR count). The molecule has 10 heteroatoms. The summed E-state index contributed by atoms with van der Waals surface area (Å²) in [6.45, 7) is 6.99. The van der Waals surface area contributed by atoms with Gasteiger partial charge >= 0.3 is 6.09 Å². The summed E-state index contributed by atoms with van der Waals surface area (Å²) in [6, 6.07) is 13.4. The van der Waals surface area contributed by atoms with Crippen LogP contribution in [0.3, 0.4) is 0 Å². The number of halogens is 1. The van der Waals surface area contributed by atoms with E-state index in [2.05, 4.69) is 10.2 Å². The molecule has 0 atom stereocenters. The van der Waals surface area contributed by atoms with Crippen LogP contribution in [0.4, 0.5) is 20.6 Å². The molecule has 1 heterocycles. The summed E-state index contributed by atoms with van der Waals surface area (Å²) in [5.74, 6) is 0.713. The number of fused-ring (bicyclic) bond motifs is 1. The van der Waals surface area contributed by atoms with Gasteiger partial charge in [-0.15, -0.1) is 0 Å². The number of ether oxygens (including phenoxy) is 3. The van der Waals surface area contributed by atoms with Crippen molar-refractivity contribution in [3.05, 3.63) is 65.5 Å². The third kappa shape index (κ3) is 7.02. The summed E-state index contributed by atoms with van der Waals surface area (Å²) >= 11 is 0.